The Morgan fingerprint density at radius 3 is 2.57 bits per heavy atom. The van der Waals surface area contributed by atoms with Gasteiger partial charge >= 0.3 is 5.97 Å². The van der Waals surface area contributed by atoms with E-state index in [0.717, 1.165) is 18.2 Å². The van der Waals surface area contributed by atoms with Crippen molar-refractivity contribution in [1.82, 2.24) is 0 Å². The number of rotatable bonds is 4. The van der Waals surface area contributed by atoms with Crippen molar-refractivity contribution < 1.29 is 23.4 Å². The Kier molecular flexibility index (Phi) is 4.14. The summed E-state index contributed by atoms with van der Waals surface area (Å²) in [7, 11) is 0. The van der Waals surface area contributed by atoms with Gasteiger partial charge in [0.15, 0.2) is 11.6 Å². The lowest BCUT2D eigenvalue weighted by Crippen LogP contribution is -2.02. The van der Waals surface area contributed by atoms with Gasteiger partial charge < -0.3 is 9.84 Å². The molecule has 0 radical (unpaired) electrons. The highest BCUT2D eigenvalue weighted by atomic mass is 19.1. The minimum atomic E-state index is -1.26. The normalized spacial score (nSPS) is 9.95. The predicted molar refractivity (Wildman–Crippen MR) is 68.8 cm³/mol. The molecule has 2 aromatic rings. The van der Waals surface area contributed by atoms with Crippen LogP contribution in [0.5, 0.6) is 5.75 Å². The zero-order chi connectivity index (χ0) is 15.4. The third-order valence-corrected chi connectivity index (χ3v) is 2.74. The fraction of sp³-hybridized carbons (Fsp3) is 0.0667. The van der Waals surface area contributed by atoms with Crippen LogP contribution in [0.1, 0.15) is 21.5 Å². The lowest BCUT2D eigenvalue weighted by atomic mass is 10.1. The number of carboxylic acid groups (broad SMARTS) is 1. The quantitative estimate of drug-likeness (QED) is 0.938. The first-order valence-corrected chi connectivity index (χ1v) is 5.85. The number of halogens is 2. The molecule has 6 heteroatoms. The number of benzene rings is 2. The van der Waals surface area contributed by atoms with Gasteiger partial charge in [-0.1, -0.05) is 0 Å². The topological polar surface area (TPSA) is 70.3 Å². The Morgan fingerprint density at radius 2 is 1.95 bits per heavy atom. The average molecular weight is 289 g/mol. The molecule has 1 N–H and O–H groups in total. The van der Waals surface area contributed by atoms with E-state index in [1.807, 2.05) is 6.07 Å². The van der Waals surface area contributed by atoms with Crippen LogP contribution in [0.3, 0.4) is 0 Å². The van der Waals surface area contributed by atoms with Crippen molar-refractivity contribution in [2.45, 2.75) is 6.61 Å². The highest BCUT2D eigenvalue weighted by Gasteiger charge is 2.11. The zero-order valence-corrected chi connectivity index (χ0v) is 10.6. The van der Waals surface area contributed by atoms with Crippen molar-refractivity contribution in [2.24, 2.45) is 0 Å². The van der Waals surface area contributed by atoms with Gasteiger partial charge in [0, 0.05) is 5.56 Å². The number of nitrogens with zero attached hydrogens (tertiary/aromatic N) is 1. The summed E-state index contributed by atoms with van der Waals surface area (Å²) in [6.07, 6.45) is 0. The summed E-state index contributed by atoms with van der Waals surface area (Å²) in [5, 5.41) is 17.5. The van der Waals surface area contributed by atoms with Crippen LogP contribution in [0.25, 0.3) is 0 Å². The second kappa shape index (κ2) is 6.01. The molecular weight excluding hydrogens is 280 g/mol. The van der Waals surface area contributed by atoms with Gasteiger partial charge in [-0.2, -0.15) is 5.26 Å². The highest BCUT2D eigenvalue weighted by molar-refractivity contribution is 5.87. The Morgan fingerprint density at radius 1 is 1.19 bits per heavy atom. The monoisotopic (exact) mass is 289 g/mol. The van der Waals surface area contributed by atoms with E-state index in [0.29, 0.717) is 0 Å². The lowest BCUT2D eigenvalue weighted by Gasteiger charge is -2.09. The van der Waals surface area contributed by atoms with E-state index in [9.17, 15) is 13.6 Å². The van der Waals surface area contributed by atoms with Crippen LogP contribution < -0.4 is 4.74 Å². The van der Waals surface area contributed by atoms with E-state index in [2.05, 4.69) is 0 Å². The molecule has 106 valence electrons. The summed E-state index contributed by atoms with van der Waals surface area (Å²) in [6.45, 7) is -0.273. The molecule has 21 heavy (non-hydrogen) atoms. The second-order valence-electron chi connectivity index (χ2n) is 4.16. The summed E-state index contributed by atoms with van der Waals surface area (Å²) >= 11 is 0. The van der Waals surface area contributed by atoms with Gasteiger partial charge in [-0.3, -0.25) is 0 Å². The summed E-state index contributed by atoms with van der Waals surface area (Å²) in [6, 6.07) is 8.77. The molecule has 0 unspecified atom stereocenters. The van der Waals surface area contributed by atoms with Gasteiger partial charge in [-0.05, 0) is 36.4 Å². The van der Waals surface area contributed by atoms with Crippen LogP contribution in [0.15, 0.2) is 36.4 Å². The number of hydrogen-bond donors (Lipinski definition) is 1. The fourth-order valence-electron chi connectivity index (χ4n) is 1.66. The molecule has 0 amide bonds. The maximum absolute atomic E-state index is 13.6. The number of carbonyl (C=O) groups is 1. The average Bonchev–Trinajstić information content (AvgIpc) is 2.47. The van der Waals surface area contributed by atoms with E-state index in [-0.39, 0.29) is 29.0 Å². The van der Waals surface area contributed by atoms with E-state index < -0.39 is 17.6 Å². The summed E-state index contributed by atoms with van der Waals surface area (Å²) in [4.78, 5) is 10.7. The van der Waals surface area contributed by atoms with Crippen molar-refractivity contribution >= 4 is 5.97 Å². The molecule has 0 spiro atoms. The molecule has 0 fully saturated rings. The maximum atomic E-state index is 13.6. The van der Waals surface area contributed by atoms with Crippen LogP contribution in [0.2, 0.25) is 0 Å². The standard InChI is InChI=1S/C15H9F2NO3/c16-12-3-1-9(7-18)5-11(12)8-21-14-4-2-10(15(19)20)6-13(14)17/h1-6H,8H2,(H,19,20). The second-order valence-corrected chi connectivity index (χ2v) is 4.16. The van der Waals surface area contributed by atoms with Gasteiger partial charge in [-0.15, -0.1) is 0 Å². The molecule has 0 bridgehead atoms. The maximum Gasteiger partial charge on any atom is 0.335 e. The third kappa shape index (κ3) is 3.34. The summed E-state index contributed by atoms with van der Waals surface area (Å²) < 4.78 is 32.3. The SMILES string of the molecule is N#Cc1ccc(F)c(COc2ccc(C(=O)O)cc2F)c1. The molecule has 0 atom stereocenters. The number of ether oxygens (including phenoxy) is 1. The molecule has 0 saturated heterocycles. The molecule has 2 rings (SSSR count). The molecule has 0 aliphatic rings. The van der Waals surface area contributed by atoms with Crippen LogP contribution in [0.4, 0.5) is 8.78 Å². The van der Waals surface area contributed by atoms with Gasteiger partial charge in [-0.25, -0.2) is 13.6 Å². The predicted octanol–water partition coefficient (Wildman–Crippen LogP) is 3.11. The van der Waals surface area contributed by atoms with Crippen molar-refractivity contribution in [3.63, 3.8) is 0 Å². The van der Waals surface area contributed by atoms with Crippen LogP contribution >= 0.6 is 0 Å². The van der Waals surface area contributed by atoms with Crippen LogP contribution in [-0.4, -0.2) is 11.1 Å². The van der Waals surface area contributed by atoms with E-state index >= 15 is 0 Å². The first-order valence-electron chi connectivity index (χ1n) is 5.85. The lowest BCUT2D eigenvalue weighted by molar-refractivity contribution is 0.0696. The number of carboxylic acids is 1. The smallest absolute Gasteiger partial charge is 0.335 e. The molecule has 0 aromatic heterocycles. The minimum Gasteiger partial charge on any atom is -0.486 e. The van der Waals surface area contributed by atoms with Crippen LogP contribution in [-0.2, 0) is 6.61 Å². The molecule has 4 nitrogen and oxygen atoms in total. The fourth-order valence-corrected chi connectivity index (χ4v) is 1.66. The van der Waals surface area contributed by atoms with Crippen LogP contribution in [0, 0.1) is 23.0 Å². The largest absolute Gasteiger partial charge is 0.486 e. The van der Waals surface area contributed by atoms with Gasteiger partial charge in [0.25, 0.3) is 0 Å². The van der Waals surface area contributed by atoms with E-state index in [1.165, 1.54) is 18.2 Å². The van der Waals surface area contributed by atoms with Gasteiger partial charge in [0.2, 0.25) is 0 Å². The number of hydrogen-bond acceptors (Lipinski definition) is 3. The first-order chi connectivity index (χ1) is 10.0. The van der Waals surface area contributed by atoms with E-state index in [1.54, 1.807) is 0 Å². The van der Waals surface area contributed by atoms with Crippen molar-refractivity contribution in [2.75, 3.05) is 0 Å². The third-order valence-electron chi connectivity index (χ3n) is 2.74. The van der Waals surface area contributed by atoms with Crippen molar-refractivity contribution in [1.29, 1.82) is 5.26 Å². The Balaban J connectivity index is 2.17. The Labute approximate surface area is 118 Å². The molecule has 0 saturated carbocycles. The molecular formula is C15H9F2NO3. The first kappa shape index (κ1) is 14.5. The van der Waals surface area contributed by atoms with Crippen molar-refractivity contribution in [3.8, 4) is 11.8 Å². The number of aromatic carboxylic acids is 1. The highest BCUT2D eigenvalue weighted by Crippen LogP contribution is 2.20. The zero-order valence-electron chi connectivity index (χ0n) is 10.6. The summed E-state index contributed by atoms with van der Waals surface area (Å²) in [5.41, 5.74) is 0.157. The van der Waals surface area contributed by atoms with Gasteiger partial charge in [0.1, 0.15) is 12.4 Å². The Bertz CT molecular complexity index is 738. The summed E-state index contributed by atoms with van der Waals surface area (Å²) in [5.74, 6) is -2.88. The Hall–Kier alpha value is -2.94. The molecule has 0 aliphatic heterocycles. The molecule has 0 aliphatic carbocycles. The minimum absolute atomic E-state index is 0.107. The van der Waals surface area contributed by atoms with Gasteiger partial charge in [0.05, 0.1) is 17.2 Å². The molecule has 0 heterocycles. The van der Waals surface area contributed by atoms with E-state index in [4.69, 9.17) is 15.1 Å². The molecule has 2 aromatic carbocycles. The number of nitriles is 1. The van der Waals surface area contributed by atoms with Crippen molar-refractivity contribution in [3.05, 3.63) is 64.7 Å².